The Morgan fingerprint density at radius 3 is 2.56 bits per heavy atom. The summed E-state index contributed by atoms with van der Waals surface area (Å²) in [6, 6.07) is 0. The van der Waals surface area contributed by atoms with Crippen molar-refractivity contribution in [2.24, 2.45) is 0 Å². The highest BCUT2D eigenvalue weighted by Gasteiger charge is 2.12. The maximum absolute atomic E-state index is 11.6. The van der Waals surface area contributed by atoms with Crippen LogP contribution in [0, 0.1) is 0 Å². The lowest BCUT2D eigenvalue weighted by molar-refractivity contribution is 0.114. The molecule has 0 N–H and O–H groups in total. The zero-order chi connectivity index (χ0) is 6.85. The summed E-state index contributed by atoms with van der Waals surface area (Å²) in [5.74, 6) is -0.554. The summed E-state index contributed by atoms with van der Waals surface area (Å²) in [4.78, 5) is 3.25. The monoisotopic (exact) mass is 197 g/mol. The minimum atomic E-state index is -2.63. The maximum atomic E-state index is 11.6. The van der Waals surface area contributed by atoms with E-state index < -0.39 is 12.3 Å². The molecule has 0 aliphatic rings. The van der Waals surface area contributed by atoms with Crippen molar-refractivity contribution in [3.8, 4) is 0 Å². The van der Waals surface area contributed by atoms with E-state index in [1.165, 1.54) is 6.20 Å². The Balaban J connectivity index is 2.85. The second kappa shape index (κ2) is 2.43. The molecule has 0 radical (unpaired) electrons. The van der Waals surface area contributed by atoms with Crippen LogP contribution >= 0.6 is 15.9 Å². The molecule has 2 nitrogen and oxygen atoms in total. The van der Waals surface area contributed by atoms with Gasteiger partial charge in [-0.05, 0) is 15.9 Å². The molecule has 50 valence electrons. The van der Waals surface area contributed by atoms with E-state index in [1.807, 2.05) is 0 Å². The lowest BCUT2D eigenvalue weighted by atomic mass is 10.7. The van der Waals surface area contributed by atoms with Gasteiger partial charge in [-0.1, -0.05) is 0 Å². The smallest absolute Gasteiger partial charge is 0.313 e. The zero-order valence-corrected chi connectivity index (χ0v) is 5.73. The van der Waals surface area contributed by atoms with E-state index in [4.69, 9.17) is 0 Å². The van der Waals surface area contributed by atoms with Crippen LogP contribution in [0.15, 0.2) is 15.3 Å². The molecule has 1 aromatic heterocycles. The second-order valence-corrected chi connectivity index (χ2v) is 2.08. The Morgan fingerprint density at radius 2 is 2.33 bits per heavy atom. The molecular weight excluding hydrogens is 196 g/mol. The van der Waals surface area contributed by atoms with Gasteiger partial charge in [0.05, 0.1) is 6.20 Å². The van der Waals surface area contributed by atoms with Gasteiger partial charge in [-0.2, -0.15) is 8.78 Å². The fraction of sp³-hybridized carbons (Fsp3) is 0.250. The Kier molecular flexibility index (Phi) is 1.80. The standard InChI is InChI=1S/C4H2BrF2NO/c5-2-1-8-4(9-2)3(6)7/h1,3H. The Morgan fingerprint density at radius 1 is 1.67 bits per heavy atom. The van der Waals surface area contributed by atoms with Crippen LogP contribution in [0.3, 0.4) is 0 Å². The Labute approximate surface area is 58.0 Å². The number of halogens is 3. The summed E-state index contributed by atoms with van der Waals surface area (Å²) in [5, 5.41) is 0. The summed E-state index contributed by atoms with van der Waals surface area (Å²) in [7, 11) is 0. The van der Waals surface area contributed by atoms with Crippen molar-refractivity contribution in [3.63, 3.8) is 0 Å². The molecule has 0 aliphatic heterocycles. The maximum Gasteiger partial charge on any atom is 0.313 e. The first kappa shape index (κ1) is 6.67. The topological polar surface area (TPSA) is 26.0 Å². The fourth-order valence-corrected chi connectivity index (χ4v) is 0.636. The summed E-state index contributed by atoms with van der Waals surface area (Å²) in [6.45, 7) is 0. The molecule has 0 unspecified atom stereocenters. The van der Waals surface area contributed by atoms with Crippen molar-refractivity contribution in [1.82, 2.24) is 4.98 Å². The number of hydrogen-bond acceptors (Lipinski definition) is 2. The Hall–Kier alpha value is -0.450. The van der Waals surface area contributed by atoms with Gasteiger partial charge in [-0.3, -0.25) is 0 Å². The van der Waals surface area contributed by atoms with Crippen LogP contribution in [-0.4, -0.2) is 4.98 Å². The van der Waals surface area contributed by atoms with E-state index in [0.717, 1.165) is 0 Å². The number of oxazole rings is 1. The van der Waals surface area contributed by atoms with E-state index >= 15 is 0 Å². The van der Waals surface area contributed by atoms with Gasteiger partial charge < -0.3 is 4.42 Å². The first-order valence-corrected chi connectivity index (χ1v) is 2.89. The molecule has 0 bridgehead atoms. The van der Waals surface area contributed by atoms with Crippen LogP contribution in [0.1, 0.15) is 12.3 Å². The van der Waals surface area contributed by atoms with Gasteiger partial charge in [0.25, 0.3) is 5.89 Å². The number of nitrogens with zero attached hydrogens (tertiary/aromatic N) is 1. The van der Waals surface area contributed by atoms with E-state index in [2.05, 4.69) is 25.3 Å². The summed E-state index contributed by atoms with van der Waals surface area (Å²) in [6.07, 6.45) is -1.45. The van der Waals surface area contributed by atoms with Gasteiger partial charge in [-0.25, -0.2) is 4.98 Å². The largest absolute Gasteiger partial charge is 0.428 e. The lowest BCUT2D eigenvalue weighted by Gasteiger charge is -1.86. The van der Waals surface area contributed by atoms with Crippen LogP contribution in [0.2, 0.25) is 0 Å². The van der Waals surface area contributed by atoms with Crippen LogP contribution < -0.4 is 0 Å². The second-order valence-electron chi connectivity index (χ2n) is 1.30. The van der Waals surface area contributed by atoms with E-state index in [0.29, 0.717) is 0 Å². The predicted octanol–water partition coefficient (Wildman–Crippen LogP) is 2.37. The molecular formula is C4H2BrF2NO. The molecule has 0 aromatic carbocycles. The van der Waals surface area contributed by atoms with E-state index in [-0.39, 0.29) is 4.67 Å². The minimum Gasteiger partial charge on any atom is -0.428 e. The molecule has 0 saturated heterocycles. The third-order valence-corrected chi connectivity index (χ3v) is 1.05. The highest BCUT2D eigenvalue weighted by molar-refractivity contribution is 9.10. The highest BCUT2D eigenvalue weighted by atomic mass is 79.9. The summed E-state index contributed by atoms with van der Waals surface area (Å²) >= 11 is 2.84. The molecule has 0 amide bonds. The summed E-state index contributed by atoms with van der Waals surface area (Å²) in [5.41, 5.74) is 0. The van der Waals surface area contributed by atoms with Crippen LogP contribution in [0.25, 0.3) is 0 Å². The number of rotatable bonds is 1. The van der Waals surface area contributed by atoms with Crippen LogP contribution in [-0.2, 0) is 0 Å². The first-order valence-electron chi connectivity index (χ1n) is 2.09. The molecule has 5 heteroatoms. The number of alkyl halides is 2. The van der Waals surface area contributed by atoms with Crippen LogP contribution in [0.4, 0.5) is 8.78 Å². The molecule has 0 atom stereocenters. The van der Waals surface area contributed by atoms with Crippen molar-refractivity contribution in [2.75, 3.05) is 0 Å². The third-order valence-electron chi connectivity index (χ3n) is 0.682. The van der Waals surface area contributed by atoms with Crippen molar-refractivity contribution in [2.45, 2.75) is 6.43 Å². The SMILES string of the molecule is FC(F)c1ncc(Br)o1. The van der Waals surface area contributed by atoms with Gasteiger partial charge in [0.2, 0.25) is 0 Å². The van der Waals surface area contributed by atoms with E-state index in [9.17, 15) is 8.78 Å². The zero-order valence-electron chi connectivity index (χ0n) is 4.14. The number of hydrogen-bond donors (Lipinski definition) is 0. The first-order chi connectivity index (χ1) is 4.20. The highest BCUT2D eigenvalue weighted by Crippen LogP contribution is 2.20. The predicted molar refractivity (Wildman–Crippen MR) is 29.2 cm³/mol. The molecule has 0 saturated carbocycles. The van der Waals surface area contributed by atoms with Crippen molar-refractivity contribution < 1.29 is 13.2 Å². The van der Waals surface area contributed by atoms with Gasteiger partial charge >= 0.3 is 6.43 Å². The van der Waals surface area contributed by atoms with Crippen molar-refractivity contribution in [3.05, 3.63) is 16.8 Å². The third kappa shape index (κ3) is 1.48. The van der Waals surface area contributed by atoms with Gasteiger partial charge in [0.15, 0.2) is 4.67 Å². The summed E-state index contributed by atoms with van der Waals surface area (Å²) < 4.78 is 27.8. The average Bonchev–Trinajstić information content (AvgIpc) is 2.14. The van der Waals surface area contributed by atoms with E-state index in [1.54, 1.807) is 0 Å². The molecule has 0 aliphatic carbocycles. The normalized spacial score (nSPS) is 10.7. The van der Waals surface area contributed by atoms with Crippen LogP contribution in [0.5, 0.6) is 0 Å². The lowest BCUT2D eigenvalue weighted by Crippen LogP contribution is -1.79. The molecule has 0 spiro atoms. The molecule has 1 aromatic rings. The minimum absolute atomic E-state index is 0.220. The van der Waals surface area contributed by atoms with Gasteiger partial charge in [0.1, 0.15) is 0 Å². The molecule has 1 heterocycles. The van der Waals surface area contributed by atoms with Crippen molar-refractivity contribution in [1.29, 1.82) is 0 Å². The number of aromatic nitrogens is 1. The molecule has 9 heavy (non-hydrogen) atoms. The molecule has 1 rings (SSSR count). The Bertz CT molecular complexity index is 200. The van der Waals surface area contributed by atoms with Gasteiger partial charge in [-0.15, -0.1) is 0 Å². The fourth-order valence-electron chi connectivity index (χ4n) is 0.368. The quantitative estimate of drug-likeness (QED) is 0.692. The van der Waals surface area contributed by atoms with Crippen molar-refractivity contribution >= 4 is 15.9 Å². The average molecular weight is 198 g/mol. The van der Waals surface area contributed by atoms with Gasteiger partial charge in [0, 0.05) is 0 Å². The molecule has 0 fully saturated rings.